The third-order valence-corrected chi connectivity index (χ3v) is 8.91. The molecule has 0 N–H and O–H groups in total. The van der Waals surface area contributed by atoms with E-state index in [0.717, 1.165) is 49.4 Å². The third-order valence-electron chi connectivity index (χ3n) is 8.91. The minimum atomic E-state index is 0.245. The van der Waals surface area contributed by atoms with Crippen molar-refractivity contribution in [1.29, 1.82) is 0 Å². The second-order valence-corrected chi connectivity index (χ2v) is 9.70. The van der Waals surface area contributed by atoms with E-state index in [0.29, 0.717) is 17.5 Å². The Morgan fingerprint density at radius 2 is 1.70 bits per heavy atom. The van der Waals surface area contributed by atoms with Gasteiger partial charge in [0.15, 0.2) is 0 Å². The summed E-state index contributed by atoms with van der Waals surface area (Å²) < 4.78 is 0. The van der Waals surface area contributed by atoms with Crippen molar-refractivity contribution in [1.82, 2.24) is 0 Å². The van der Waals surface area contributed by atoms with Crippen molar-refractivity contribution in [3.63, 3.8) is 0 Å². The lowest BCUT2D eigenvalue weighted by molar-refractivity contribution is -0.143. The van der Waals surface area contributed by atoms with Gasteiger partial charge in [-0.1, -0.05) is 13.8 Å². The fraction of sp³-hybridized carbons (Fsp3) is 0.905. The predicted octanol–water partition coefficient (Wildman–Crippen LogP) is 4.80. The van der Waals surface area contributed by atoms with Crippen molar-refractivity contribution < 1.29 is 9.59 Å². The van der Waals surface area contributed by atoms with Crippen LogP contribution in [0, 0.1) is 40.4 Å². The zero-order valence-corrected chi connectivity index (χ0v) is 15.1. The van der Waals surface area contributed by atoms with Crippen LogP contribution in [0.25, 0.3) is 0 Å². The number of carbonyl (C=O) groups is 2. The van der Waals surface area contributed by atoms with Crippen LogP contribution >= 0.6 is 0 Å². The van der Waals surface area contributed by atoms with E-state index in [2.05, 4.69) is 13.8 Å². The number of hydrogen-bond donors (Lipinski definition) is 0. The van der Waals surface area contributed by atoms with E-state index in [1.807, 2.05) is 6.92 Å². The van der Waals surface area contributed by atoms with Crippen LogP contribution in [0.5, 0.6) is 0 Å². The molecular weight excluding hydrogens is 284 g/mol. The fourth-order valence-corrected chi connectivity index (χ4v) is 7.80. The molecular formula is C21H32O2. The Hall–Kier alpha value is -0.660. The lowest BCUT2D eigenvalue weighted by Gasteiger charge is -2.60. The zero-order chi connectivity index (χ0) is 16.4. The van der Waals surface area contributed by atoms with Crippen molar-refractivity contribution in [3.05, 3.63) is 0 Å². The number of rotatable bonds is 1. The van der Waals surface area contributed by atoms with Gasteiger partial charge < -0.3 is 0 Å². The Balaban J connectivity index is 1.64. The summed E-state index contributed by atoms with van der Waals surface area (Å²) in [4.78, 5) is 24.3. The molecule has 0 aromatic heterocycles. The topological polar surface area (TPSA) is 34.1 Å². The summed E-state index contributed by atoms with van der Waals surface area (Å²) >= 11 is 0. The summed E-state index contributed by atoms with van der Waals surface area (Å²) in [5.41, 5.74) is 0.503. The van der Waals surface area contributed by atoms with Gasteiger partial charge in [-0.25, -0.2) is 0 Å². The summed E-state index contributed by atoms with van der Waals surface area (Å²) in [7, 11) is 0. The molecule has 0 amide bonds. The van der Waals surface area contributed by atoms with Crippen molar-refractivity contribution in [2.24, 2.45) is 40.4 Å². The molecule has 6 unspecified atom stereocenters. The standard InChI is InChI=1S/C21H32O2/c1-13(22)17-8-9-18-16-7-5-14-4-6-15(23)12-21(14,3)19(16)10-11-20(17,18)2/h14,16-19H,4-12H2,1-3H3/t14-,16?,17?,18?,19?,20?,21?/m1/s1. The molecule has 2 heteroatoms. The highest BCUT2D eigenvalue weighted by atomic mass is 16.1. The fourth-order valence-electron chi connectivity index (χ4n) is 7.80. The second-order valence-electron chi connectivity index (χ2n) is 9.70. The molecule has 0 saturated heterocycles. The molecule has 4 aliphatic rings. The number of hydrogen-bond acceptors (Lipinski definition) is 2. The van der Waals surface area contributed by atoms with Crippen LogP contribution in [-0.4, -0.2) is 11.6 Å². The lowest BCUT2D eigenvalue weighted by Crippen LogP contribution is -2.54. The SMILES string of the molecule is CC(=O)C1CCC2C3CC[C@H]4CCC(=O)CC4(C)C3CCC12C. The highest BCUT2D eigenvalue weighted by Crippen LogP contribution is 2.67. The molecule has 7 atom stereocenters. The van der Waals surface area contributed by atoms with Crippen LogP contribution in [0.4, 0.5) is 0 Å². The van der Waals surface area contributed by atoms with Crippen LogP contribution in [0.2, 0.25) is 0 Å². The smallest absolute Gasteiger partial charge is 0.133 e. The molecule has 23 heavy (non-hydrogen) atoms. The van der Waals surface area contributed by atoms with Crippen molar-refractivity contribution >= 4 is 11.6 Å². The summed E-state index contributed by atoms with van der Waals surface area (Å²) in [5, 5.41) is 0. The first-order valence-electron chi connectivity index (χ1n) is 9.88. The van der Waals surface area contributed by atoms with Gasteiger partial charge >= 0.3 is 0 Å². The van der Waals surface area contributed by atoms with E-state index in [1.54, 1.807) is 0 Å². The molecule has 0 bridgehead atoms. The van der Waals surface area contributed by atoms with Gasteiger partial charge in [0.1, 0.15) is 11.6 Å². The number of ketones is 2. The predicted molar refractivity (Wildman–Crippen MR) is 90.9 cm³/mol. The molecule has 0 aliphatic heterocycles. The molecule has 4 saturated carbocycles. The molecule has 0 aromatic carbocycles. The van der Waals surface area contributed by atoms with Crippen LogP contribution in [-0.2, 0) is 9.59 Å². The monoisotopic (exact) mass is 316 g/mol. The van der Waals surface area contributed by atoms with Crippen molar-refractivity contribution in [3.8, 4) is 0 Å². The number of Topliss-reactive ketones (excluding diaryl/α,β-unsaturated/α-hetero) is 2. The highest BCUT2D eigenvalue weighted by molar-refractivity contribution is 5.80. The largest absolute Gasteiger partial charge is 0.300 e. The highest BCUT2D eigenvalue weighted by Gasteiger charge is 2.60. The second kappa shape index (κ2) is 5.17. The van der Waals surface area contributed by atoms with Crippen molar-refractivity contribution in [2.75, 3.05) is 0 Å². The molecule has 128 valence electrons. The molecule has 0 heterocycles. The quantitative estimate of drug-likeness (QED) is 0.696. The molecule has 4 fully saturated rings. The molecule has 0 spiro atoms. The van der Waals surface area contributed by atoms with Gasteiger partial charge in [-0.2, -0.15) is 0 Å². The van der Waals surface area contributed by atoms with E-state index >= 15 is 0 Å². The first kappa shape index (κ1) is 15.8. The van der Waals surface area contributed by atoms with Gasteiger partial charge in [0, 0.05) is 18.8 Å². The maximum atomic E-state index is 12.2. The number of fused-ring (bicyclic) bond motifs is 5. The maximum absolute atomic E-state index is 12.2. The van der Waals surface area contributed by atoms with E-state index in [-0.39, 0.29) is 10.8 Å². The van der Waals surface area contributed by atoms with E-state index in [9.17, 15) is 9.59 Å². The van der Waals surface area contributed by atoms with Crippen LogP contribution in [0.3, 0.4) is 0 Å². The maximum Gasteiger partial charge on any atom is 0.133 e. The Labute approximate surface area is 140 Å². The first-order valence-corrected chi connectivity index (χ1v) is 9.88. The van der Waals surface area contributed by atoms with Gasteiger partial charge in [0.05, 0.1) is 0 Å². The summed E-state index contributed by atoms with van der Waals surface area (Å²) in [6.45, 7) is 6.65. The Morgan fingerprint density at radius 3 is 2.43 bits per heavy atom. The first-order chi connectivity index (χ1) is 10.9. The zero-order valence-electron chi connectivity index (χ0n) is 15.1. The normalized spacial score (nSPS) is 52.5. The molecule has 0 radical (unpaired) electrons. The summed E-state index contributed by atoms with van der Waals surface area (Å²) in [5.74, 6) is 4.22. The molecule has 0 aromatic rings. The van der Waals surface area contributed by atoms with Crippen LogP contribution in [0.1, 0.15) is 78.6 Å². The van der Waals surface area contributed by atoms with E-state index in [1.165, 1.54) is 32.1 Å². The van der Waals surface area contributed by atoms with E-state index < -0.39 is 0 Å². The number of carbonyl (C=O) groups excluding carboxylic acids is 2. The van der Waals surface area contributed by atoms with Gasteiger partial charge in [0.2, 0.25) is 0 Å². The third kappa shape index (κ3) is 2.12. The Kier molecular flexibility index (Phi) is 3.56. The molecule has 4 rings (SSSR count). The van der Waals surface area contributed by atoms with Crippen LogP contribution in [0.15, 0.2) is 0 Å². The minimum Gasteiger partial charge on any atom is -0.300 e. The average Bonchev–Trinajstić information content (AvgIpc) is 2.83. The van der Waals surface area contributed by atoms with Gasteiger partial charge in [-0.15, -0.1) is 0 Å². The van der Waals surface area contributed by atoms with Crippen molar-refractivity contribution in [2.45, 2.75) is 78.6 Å². The Morgan fingerprint density at radius 1 is 0.957 bits per heavy atom. The Bertz CT molecular complexity index is 538. The average molecular weight is 316 g/mol. The molecule has 2 nitrogen and oxygen atoms in total. The summed E-state index contributed by atoms with van der Waals surface area (Å²) in [6.07, 6.45) is 10.3. The molecule has 4 aliphatic carbocycles. The van der Waals surface area contributed by atoms with Gasteiger partial charge in [-0.05, 0) is 86.4 Å². The van der Waals surface area contributed by atoms with E-state index in [4.69, 9.17) is 0 Å². The van der Waals surface area contributed by atoms with Gasteiger partial charge in [0.25, 0.3) is 0 Å². The van der Waals surface area contributed by atoms with Gasteiger partial charge in [-0.3, -0.25) is 9.59 Å². The lowest BCUT2D eigenvalue weighted by atomic mass is 9.44. The summed E-state index contributed by atoms with van der Waals surface area (Å²) in [6, 6.07) is 0. The minimum absolute atomic E-state index is 0.245. The van der Waals surface area contributed by atoms with Crippen LogP contribution < -0.4 is 0 Å².